The molecule has 1 aromatic heterocycles. The van der Waals surface area contributed by atoms with Crippen LogP contribution in [0.3, 0.4) is 0 Å². The number of methoxy groups -OCH3 is 1. The van der Waals surface area contributed by atoms with Crippen LogP contribution >= 0.6 is 15.9 Å². The van der Waals surface area contributed by atoms with Gasteiger partial charge < -0.3 is 19.1 Å². The van der Waals surface area contributed by atoms with E-state index >= 15 is 0 Å². The van der Waals surface area contributed by atoms with Crippen molar-refractivity contribution in [1.82, 2.24) is 14.4 Å². The number of hydrogen-bond donors (Lipinski definition) is 0. The second-order valence-electron chi connectivity index (χ2n) is 8.85. The molecule has 1 fully saturated rings. The maximum absolute atomic E-state index is 13.5. The Kier molecular flexibility index (Phi) is 10.0. The molecule has 0 aliphatic heterocycles. The first kappa shape index (κ1) is 25.5. The fraction of sp³-hybridized carbons (Fsp3) is 0.538. The van der Waals surface area contributed by atoms with Crippen LogP contribution in [-0.4, -0.2) is 59.0 Å². The molecule has 33 heavy (non-hydrogen) atoms. The molecule has 180 valence electrons. The van der Waals surface area contributed by atoms with Gasteiger partial charge in [-0.05, 0) is 49.1 Å². The topological polar surface area (TPSA) is 54.8 Å². The summed E-state index contributed by atoms with van der Waals surface area (Å²) in [5.41, 5.74) is 2.33. The summed E-state index contributed by atoms with van der Waals surface area (Å²) in [6, 6.07) is 12.7. The number of amides is 2. The zero-order chi connectivity index (χ0) is 23.6. The minimum atomic E-state index is -0.0679. The fourth-order valence-corrected chi connectivity index (χ4v) is 4.79. The molecule has 3 rings (SSSR count). The summed E-state index contributed by atoms with van der Waals surface area (Å²) in [6.45, 7) is 4.11. The smallest absolute Gasteiger partial charge is 0.242 e. The quantitative estimate of drug-likeness (QED) is 0.400. The predicted molar refractivity (Wildman–Crippen MR) is 134 cm³/mol. The number of halogens is 1. The summed E-state index contributed by atoms with van der Waals surface area (Å²) in [6.07, 6.45) is 8.40. The van der Waals surface area contributed by atoms with Crippen molar-refractivity contribution < 1.29 is 14.3 Å². The van der Waals surface area contributed by atoms with Gasteiger partial charge in [-0.2, -0.15) is 0 Å². The summed E-state index contributed by atoms with van der Waals surface area (Å²) < 4.78 is 8.40. The lowest BCUT2D eigenvalue weighted by molar-refractivity contribution is -0.142. The third-order valence-corrected chi connectivity index (χ3v) is 6.93. The maximum atomic E-state index is 13.5. The number of carbonyl (C=O) groups is 2. The lowest BCUT2D eigenvalue weighted by Crippen LogP contribution is -2.47. The summed E-state index contributed by atoms with van der Waals surface area (Å²) in [5.74, 6) is -0.0347. The molecule has 1 aromatic carbocycles. The summed E-state index contributed by atoms with van der Waals surface area (Å²) in [7, 11) is 1.65. The molecule has 7 heteroatoms. The molecule has 6 nitrogen and oxygen atoms in total. The van der Waals surface area contributed by atoms with E-state index in [4.69, 9.17) is 4.74 Å². The van der Waals surface area contributed by atoms with E-state index in [-0.39, 0.29) is 24.4 Å². The van der Waals surface area contributed by atoms with Crippen LogP contribution in [0, 0.1) is 0 Å². The molecular weight excluding hydrogens is 482 g/mol. The zero-order valence-corrected chi connectivity index (χ0v) is 21.4. The number of nitrogens with zero attached hydrogens (tertiary/aromatic N) is 3. The highest BCUT2D eigenvalue weighted by atomic mass is 79.9. The molecule has 1 aliphatic rings. The van der Waals surface area contributed by atoms with Crippen molar-refractivity contribution in [2.45, 2.75) is 64.6 Å². The molecule has 0 radical (unpaired) electrons. The Bertz CT molecular complexity index is 890. The second kappa shape index (κ2) is 12.9. The summed E-state index contributed by atoms with van der Waals surface area (Å²) in [5, 5.41) is 0. The van der Waals surface area contributed by atoms with Crippen molar-refractivity contribution in [2.75, 3.05) is 26.8 Å². The Hall–Kier alpha value is -2.12. The fourth-order valence-electron chi connectivity index (χ4n) is 4.52. The number of carbonyl (C=O) groups excluding carboxylic acids is 2. The molecule has 2 amide bonds. The van der Waals surface area contributed by atoms with Crippen molar-refractivity contribution in [1.29, 1.82) is 0 Å². The highest BCUT2D eigenvalue weighted by Crippen LogP contribution is 2.25. The minimum Gasteiger partial charge on any atom is -0.385 e. The van der Waals surface area contributed by atoms with E-state index in [0.717, 1.165) is 48.8 Å². The van der Waals surface area contributed by atoms with E-state index in [1.54, 1.807) is 12.0 Å². The third-order valence-electron chi connectivity index (χ3n) is 6.41. The lowest BCUT2D eigenvalue weighted by Gasteiger charge is -2.36. The van der Waals surface area contributed by atoms with Crippen molar-refractivity contribution in [3.8, 4) is 0 Å². The minimum absolute atomic E-state index is 0.0332. The Morgan fingerprint density at radius 2 is 1.85 bits per heavy atom. The van der Waals surface area contributed by atoms with E-state index in [0.29, 0.717) is 19.7 Å². The monoisotopic (exact) mass is 517 g/mol. The average Bonchev–Trinajstić information content (AvgIpc) is 3.25. The highest BCUT2D eigenvalue weighted by Gasteiger charge is 2.28. The zero-order valence-electron chi connectivity index (χ0n) is 19.8. The van der Waals surface area contributed by atoms with Crippen LogP contribution in [-0.2, 0) is 27.4 Å². The van der Waals surface area contributed by atoms with Gasteiger partial charge in [-0.1, -0.05) is 47.3 Å². The Labute approximate surface area is 206 Å². The largest absolute Gasteiger partial charge is 0.385 e. The van der Waals surface area contributed by atoms with Gasteiger partial charge in [-0.15, -0.1) is 0 Å². The number of benzene rings is 1. The van der Waals surface area contributed by atoms with Crippen LogP contribution in [0.25, 0.3) is 0 Å². The van der Waals surface area contributed by atoms with Gasteiger partial charge in [0.2, 0.25) is 11.8 Å². The van der Waals surface area contributed by atoms with Gasteiger partial charge in [0.25, 0.3) is 0 Å². The van der Waals surface area contributed by atoms with Gasteiger partial charge in [0.05, 0.1) is 13.1 Å². The Morgan fingerprint density at radius 3 is 2.52 bits per heavy atom. The number of rotatable bonds is 11. The van der Waals surface area contributed by atoms with Crippen molar-refractivity contribution >= 4 is 27.7 Å². The molecule has 0 N–H and O–H groups in total. The number of ether oxygens (including phenoxy) is 1. The van der Waals surface area contributed by atoms with Crippen LogP contribution in [0.1, 0.15) is 56.7 Å². The molecule has 0 unspecified atom stereocenters. The van der Waals surface area contributed by atoms with E-state index in [9.17, 15) is 9.59 Å². The van der Waals surface area contributed by atoms with Gasteiger partial charge in [0.1, 0.15) is 0 Å². The van der Waals surface area contributed by atoms with Crippen LogP contribution < -0.4 is 0 Å². The maximum Gasteiger partial charge on any atom is 0.242 e. The van der Waals surface area contributed by atoms with Gasteiger partial charge in [-0.3, -0.25) is 9.59 Å². The van der Waals surface area contributed by atoms with Gasteiger partial charge in [0, 0.05) is 56.1 Å². The molecule has 0 atom stereocenters. The molecule has 0 bridgehead atoms. The number of hydrogen-bond acceptors (Lipinski definition) is 3. The Balaban J connectivity index is 1.74. The highest BCUT2D eigenvalue weighted by molar-refractivity contribution is 9.10. The molecule has 1 heterocycles. The van der Waals surface area contributed by atoms with Gasteiger partial charge >= 0.3 is 0 Å². The molecule has 1 saturated carbocycles. The first-order valence-corrected chi connectivity index (χ1v) is 12.7. The summed E-state index contributed by atoms with van der Waals surface area (Å²) in [4.78, 5) is 29.4. The molecule has 0 spiro atoms. The summed E-state index contributed by atoms with van der Waals surface area (Å²) >= 11 is 3.49. The van der Waals surface area contributed by atoms with E-state index < -0.39 is 0 Å². The number of aromatic nitrogens is 1. The van der Waals surface area contributed by atoms with E-state index in [1.165, 1.54) is 18.9 Å². The first-order chi connectivity index (χ1) is 16.0. The van der Waals surface area contributed by atoms with Gasteiger partial charge in [0.15, 0.2) is 0 Å². The predicted octanol–water partition coefficient (Wildman–Crippen LogP) is 4.85. The third kappa shape index (κ3) is 7.71. The average molecular weight is 518 g/mol. The first-order valence-electron chi connectivity index (χ1n) is 11.9. The molecule has 1 aliphatic carbocycles. The van der Waals surface area contributed by atoms with Crippen LogP contribution in [0.4, 0.5) is 0 Å². The normalized spacial score (nSPS) is 14.3. The van der Waals surface area contributed by atoms with E-state index in [1.807, 2.05) is 11.0 Å². The van der Waals surface area contributed by atoms with E-state index in [2.05, 4.69) is 57.0 Å². The lowest BCUT2D eigenvalue weighted by atomic mass is 9.94. The van der Waals surface area contributed by atoms with Crippen molar-refractivity contribution in [2.24, 2.45) is 0 Å². The van der Waals surface area contributed by atoms with Crippen molar-refractivity contribution in [3.05, 3.63) is 58.3 Å². The van der Waals surface area contributed by atoms with Crippen LogP contribution in [0.5, 0.6) is 0 Å². The molecular formula is C26H36BrN3O3. The van der Waals surface area contributed by atoms with Gasteiger partial charge in [-0.25, -0.2) is 0 Å². The molecule has 2 aromatic rings. The van der Waals surface area contributed by atoms with Crippen molar-refractivity contribution in [3.63, 3.8) is 0 Å². The molecule has 0 saturated heterocycles. The SMILES string of the molecule is COCCCN(CC(=O)N(Cc1cccn1Cc1ccc(Br)cc1)C1CCCCC1)C(C)=O. The van der Waals surface area contributed by atoms with Crippen LogP contribution in [0.15, 0.2) is 47.1 Å². The van der Waals surface area contributed by atoms with Crippen LogP contribution in [0.2, 0.25) is 0 Å². The Morgan fingerprint density at radius 1 is 1.12 bits per heavy atom. The standard InChI is InChI=1S/C26H36BrN3O3/c1-21(31)28(16-7-17-33-2)20-26(32)30(24-8-4-3-5-9-24)19-25-10-6-15-29(25)18-22-11-13-23(27)14-12-22/h6,10-15,24H,3-5,7-9,16-20H2,1-2H3. The second-order valence-corrected chi connectivity index (χ2v) is 9.77.